The number of halogens is 3. The molecule has 0 saturated heterocycles. The Morgan fingerprint density at radius 1 is 1.22 bits per heavy atom. The smallest absolute Gasteiger partial charge is 0.366 e. The Morgan fingerprint density at radius 2 is 1.96 bits per heavy atom. The van der Waals surface area contributed by atoms with Gasteiger partial charge in [0.2, 0.25) is 5.91 Å². The lowest BCUT2D eigenvalue weighted by Crippen LogP contribution is -2.27. The Morgan fingerprint density at radius 3 is 2.57 bits per heavy atom. The molecule has 1 aromatic carbocycles. The highest BCUT2D eigenvalue weighted by Crippen LogP contribution is 2.40. The van der Waals surface area contributed by atoms with Crippen molar-refractivity contribution in [3.05, 3.63) is 48.3 Å². The van der Waals surface area contributed by atoms with Crippen LogP contribution in [-0.2, 0) is 11.0 Å². The molecule has 1 N–H and O–H groups in total. The molecule has 1 aromatic heterocycles. The fourth-order valence-electron chi connectivity index (χ4n) is 2.63. The minimum atomic E-state index is -4.51. The number of H-pyrrole nitrogens is 1. The van der Waals surface area contributed by atoms with Crippen LogP contribution in [0.4, 0.5) is 24.5 Å². The summed E-state index contributed by atoms with van der Waals surface area (Å²) >= 11 is 0. The molecule has 0 atom stereocenters. The highest BCUT2D eigenvalue weighted by Gasteiger charge is 2.36. The first kappa shape index (κ1) is 15.6. The van der Waals surface area contributed by atoms with Gasteiger partial charge in [-0.25, -0.2) is 0 Å². The van der Waals surface area contributed by atoms with Gasteiger partial charge >= 0.3 is 6.18 Å². The average molecular weight is 322 g/mol. The molecule has 1 heterocycles. The molecule has 1 aliphatic rings. The van der Waals surface area contributed by atoms with Crippen molar-refractivity contribution in [1.29, 1.82) is 0 Å². The van der Waals surface area contributed by atoms with Crippen LogP contribution in [0.1, 0.15) is 31.2 Å². The molecule has 0 spiro atoms. The number of carbonyl (C=O) groups is 1. The van der Waals surface area contributed by atoms with Crippen LogP contribution >= 0.6 is 0 Å². The topological polar surface area (TPSA) is 36.1 Å². The van der Waals surface area contributed by atoms with Crippen LogP contribution in [0.25, 0.3) is 0 Å². The lowest BCUT2D eigenvalue weighted by Gasteiger charge is -2.25. The van der Waals surface area contributed by atoms with E-state index in [1.54, 1.807) is 12.3 Å². The summed E-state index contributed by atoms with van der Waals surface area (Å²) in [7, 11) is 0. The number of para-hydroxylation sites is 1. The first-order valence-corrected chi connectivity index (χ1v) is 7.59. The molecule has 0 bridgehead atoms. The molecular weight excluding hydrogens is 305 g/mol. The van der Waals surface area contributed by atoms with Crippen molar-refractivity contribution >= 4 is 17.3 Å². The number of aromatic nitrogens is 1. The summed E-state index contributed by atoms with van der Waals surface area (Å²) in [6, 6.07) is 6.78. The molecule has 2 aromatic rings. The number of carbonyl (C=O) groups excluding carboxylic acids is 1. The van der Waals surface area contributed by atoms with E-state index in [1.807, 2.05) is 0 Å². The number of hydrogen-bond donors (Lipinski definition) is 1. The van der Waals surface area contributed by atoms with E-state index >= 15 is 0 Å². The van der Waals surface area contributed by atoms with Crippen molar-refractivity contribution in [2.24, 2.45) is 5.92 Å². The Labute approximate surface area is 132 Å². The lowest BCUT2D eigenvalue weighted by atomic mass is 10.1. The van der Waals surface area contributed by atoms with E-state index in [1.165, 1.54) is 29.3 Å². The van der Waals surface area contributed by atoms with E-state index in [4.69, 9.17) is 0 Å². The number of hydrogen-bond acceptors (Lipinski definition) is 1. The molecule has 122 valence electrons. The Balaban J connectivity index is 1.97. The van der Waals surface area contributed by atoms with E-state index in [0.29, 0.717) is 11.6 Å². The third kappa shape index (κ3) is 3.57. The van der Waals surface area contributed by atoms with Crippen LogP contribution in [-0.4, -0.2) is 10.9 Å². The number of aromatic amines is 1. The van der Waals surface area contributed by atoms with E-state index < -0.39 is 11.7 Å². The molecule has 1 aliphatic carbocycles. The molecule has 1 fully saturated rings. The van der Waals surface area contributed by atoms with Crippen LogP contribution in [0.2, 0.25) is 0 Å². The first-order chi connectivity index (χ1) is 11.0. The highest BCUT2D eigenvalue weighted by molar-refractivity contribution is 6.01. The van der Waals surface area contributed by atoms with E-state index in [2.05, 4.69) is 4.98 Å². The van der Waals surface area contributed by atoms with Crippen molar-refractivity contribution in [1.82, 2.24) is 4.98 Å². The molecule has 3 nitrogen and oxygen atoms in total. The van der Waals surface area contributed by atoms with Crippen molar-refractivity contribution in [2.45, 2.75) is 31.9 Å². The first-order valence-electron chi connectivity index (χ1n) is 7.59. The second kappa shape index (κ2) is 6.10. The second-order valence-corrected chi connectivity index (χ2v) is 5.80. The van der Waals surface area contributed by atoms with E-state index in [-0.39, 0.29) is 18.0 Å². The normalized spacial score (nSPS) is 14.7. The minimum absolute atomic E-state index is 0.125. The standard InChI is InChI=1S/C17H17F3N2O/c18-17(19,20)14-3-1-2-4-15(14)22(13-9-10-21-11-13)16(23)8-7-12-5-6-12/h1-4,9-12,21H,5-8H2. The molecule has 23 heavy (non-hydrogen) atoms. The molecule has 3 rings (SSSR count). The Bertz CT molecular complexity index is 675. The maximum atomic E-state index is 13.3. The van der Waals surface area contributed by atoms with Crippen molar-refractivity contribution in [2.75, 3.05) is 4.90 Å². The van der Waals surface area contributed by atoms with Gasteiger partial charge < -0.3 is 4.98 Å². The highest BCUT2D eigenvalue weighted by atomic mass is 19.4. The average Bonchev–Trinajstić information content (AvgIpc) is 3.19. The van der Waals surface area contributed by atoms with Gasteiger partial charge in [-0.05, 0) is 30.5 Å². The van der Waals surface area contributed by atoms with Gasteiger partial charge in [-0.2, -0.15) is 13.2 Å². The van der Waals surface area contributed by atoms with Crippen LogP contribution in [0.5, 0.6) is 0 Å². The van der Waals surface area contributed by atoms with Gasteiger partial charge in [0.05, 0.1) is 16.9 Å². The van der Waals surface area contributed by atoms with Crippen LogP contribution in [0.15, 0.2) is 42.7 Å². The van der Waals surface area contributed by atoms with Gasteiger partial charge in [0, 0.05) is 18.8 Å². The van der Waals surface area contributed by atoms with Gasteiger partial charge in [0.15, 0.2) is 0 Å². The number of anilines is 2. The fourth-order valence-corrected chi connectivity index (χ4v) is 2.63. The van der Waals surface area contributed by atoms with Crippen LogP contribution in [0, 0.1) is 5.92 Å². The van der Waals surface area contributed by atoms with Crippen molar-refractivity contribution in [3.63, 3.8) is 0 Å². The number of nitrogens with one attached hydrogen (secondary N) is 1. The maximum Gasteiger partial charge on any atom is 0.418 e. The summed E-state index contributed by atoms with van der Waals surface area (Å²) in [5.41, 5.74) is -0.510. The van der Waals surface area contributed by atoms with E-state index in [0.717, 1.165) is 25.3 Å². The number of alkyl halides is 3. The molecule has 6 heteroatoms. The maximum absolute atomic E-state index is 13.3. The van der Waals surface area contributed by atoms with Crippen LogP contribution < -0.4 is 4.90 Å². The van der Waals surface area contributed by atoms with Crippen LogP contribution in [0.3, 0.4) is 0 Å². The zero-order valence-corrected chi connectivity index (χ0v) is 12.4. The summed E-state index contributed by atoms with van der Waals surface area (Å²) in [5, 5.41) is 0. The summed E-state index contributed by atoms with van der Waals surface area (Å²) in [6.07, 6.45) is 1.81. The number of nitrogens with zero attached hydrogens (tertiary/aromatic N) is 1. The van der Waals surface area contributed by atoms with Crippen molar-refractivity contribution in [3.8, 4) is 0 Å². The zero-order chi connectivity index (χ0) is 16.4. The minimum Gasteiger partial charge on any atom is -0.366 e. The second-order valence-electron chi connectivity index (χ2n) is 5.80. The number of amides is 1. The summed E-state index contributed by atoms with van der Waals surface area (Å²) < 4.78 is 39.9. The fraction of sp³-hybridized carbons (Fsp3) is 0.353. The zero-order valence-electron chi connectivity index (χ0n) is 12.4. The number of benzene rings is 1. The van der Waals surface area contributed by atoms with Crippen molar-refractivity contribution < 1.29 is 18.0 Å². The molecule has 0 aliphatic heterocycles. The SMILES string of the molecule is O=C(CCC1CC1)N(c1cc[nH]c1)c1ccccc1C(F)(F)F. The molecule has 1 amide bonds. The molecular formula is C17H17F3N2O. The Kier molecular flexibility index (Phi) is 4.15. The molecule has 1 saturated carbocycles. The van der Waals surface area contributed by atoms with Gasteiger partial charge in [-0.15, -0.1) is 0 Å². The largest absolute Gasteiger partial charge is 0.418 e. The van der Waals surface area contributed by atoms with Gasteiger partial charge in [-0.3, -0.25) is 9.69 Å². The summed E-state index contributed by atoms with van der Waals surface area (Å²) in [4.78, 5) is 16.6. The predicted molar refractivity (Wildman–Crippen MR) is 81.3 cm³/mol. The third-order valence-corrected chi connectivity index (χ3v) is 4.00. The van der Waals surface area contributed by atoms with Gasteiger partial charge in [0.25, 0.3) is 0 Å². The lowest BCUT2D eigenvalue weighted by molar-refractivity contribution is -0.137. The van der Waals surface area contributed by atoms with Gasteiger partial charge in [0.1, 0.15) is 0 Å². The summed E-state index contributed by atoms with van der Waals surface area (Å²) in [5.74, 6) is 0.234. The van der Waals surface area contributed by atoms with E-state index in [9.17, 15) is 18.0 Å². The predicted octanol–water partition coefficient (Wildman–Crippen LogP) is 4.89. The third-order valence-electron chi connectivity index (χ3n) is 4.00. The molecule has 0 unspecified atom stereocenters. The quantitative estimate of drug-likeness (QED) is 0.836. The molecule has 0 radical (unpaired) electrons. The van der Waals surface area contributed by atoms with Gasteiger partial charge in [-0.1, -0.05) is 25.0 Å². The summed E-state index contributed by atoms with van der Waals surface area (Å²) in [6.45, 7) is 0. The Hall–Kier alpha value is -2.24. The monoisotopic (exact) mass is 322 g/mol. The number of rotatable bonds is 5.